The molecule has 1 N–H and O–H groups in total. The molecule has 1 radical (unpaired) electrons. The summed E-state index contributed by atoms with van der Waals surface area (Å²) in [6.07, 6.45) is 9.67. The Morgan fingerprint density at radius 3 is 2.85 bits per heavy atom. The predicted molar refractivity (Wildman–Crippen MR) is 131 cm³/mol. The van der Waals surface area contributed by atoms with Gasteiger partial charge < -0.3 is 9.84 Å². The number of nitrogens with zero attached hydrogens (tertiary/aromatic N) is 1. The lowest BCUT2D eigenvalue weighted by atomic mass is 9.57. The lowest BCUT2D eigenvalue weighted by Gasteiger charge is -2.53. The minimum atomic E-state index is -0.912. The third-order valence-corrected chi connectivity index (χ3v) is 9.35. The van der Waals surface area contributed by atoms with Crippen LogP contribution in [0.2, 0.25) is 0 Å². The molecule has 0 amide bonds. The SMILES string of the molecule is CC(=O)O[C@@H]1[CH][C@@]2(O)[C@H](C)CC[C@@H](C(C)CN3CCC[C@@H]4c5ccccc5C[C@@H]43)[C@H]2C=C1C. The standard InChI is InChI=1S/C29H40NO3/c1-18-14-26-23(12-11-20(3)29(26,32)16-28(18)33-21(4)31)19(2)17-30-13-7-10-25-24-9-6-5-8-22(24)15-27(25)30/h5-6,8-9,14,16,19-20,23,25-28,32H,7,10-13,15,17H2,1-4H3/t19?,20-,23+,25-,26-,27+,28-,29-/m1/s1. The highest BCUT2D eigenvalue weighted by molar-refractivity contribution is 5.66. The fourth-order valence-electron chi connectivity index (χ4n) is 7.55. The van der Waals surface area contributed by atoms with Crippen LogP contribution in [0, 0.1) is 30.1 Å². The van der Waals surface area contributed by atoms with Crippen LogP contribution in [0.5, 0.6) is 0 Å². The molecule has 1 heterocycles. The zero-order valence-electron chi connectivity index (χ0n) is 20.7. The molecule has 2 fully saturated rings. The van der Waals surface area contributed by atoms with E-state index >= 15 is 0 Å². The first kappa shape index (κ1) is 23.1. The monoisotopic (exact) mass is 450 g/mol. The van der Waals surface area contributed by atoms with Crippen molar-refractivity contribution in [3.63, 3.8) is 0 Å². The van der Waals surface area contributed by atoms with Gasteiger partial charge in [-0.15, -0.1) is 0 Å². The fraction of sp³-hybridized carbons (Fsp3) is 0.655. The number of carbonyl (C=O) groups excluding carboxylic acids is 1. The van der Waals surface area contributed by atoms with Crippen molar-refractivity contribution in [2.45, 2.75) is 83.5 Å². The van der Waals surface area contributed by atoms with E-state index in [4.69, 9.17) is 4.74 Å². The number of likely N-dealkylation sites (tertiary alicyclic amines) is 1. The van der Waals surface area contributed by atoms with E-state index in [0.717, 1.165) is 25.0 Å². The summed E-state index contributed by atoms with van der Waals surface area (Å²) in [4.78, 5) is 14.4. The molecule has 0 aromatic heterocycles. The van der Waals surface area contributed by atoms with Gasteiger partial charge in [-0.25, -0.2) is 0 Å². The van der Waals surface area contributed by atoms with Crippen LogP contribution in [-0.2, 0) is 16.0 Å². The predicted octanol–water partition coefficient (Wildman–Crippen LogP) is 4.92. The Labute approximate surface area is 199 Å². The average Bonchev–Trinajstić information content (AvgIpc) is 3.15. The highest BCUT2D eigenvalue weighted by Gasteiger charge is 2.53. The molecule has 4 nitrogen and oxygen atoms in total. The average molecular weight is 451 g/mol. The minimum Gasteiger partial charge on any atom is -0.458 e. The first-order valence-electron chi connectivity index (χ1n) is 13.0. The van der Waals surface area contributed by atoms with Crippen molar-refractivity contribution in [1.82, 2.24) is 4.90 Å². The van der Waals surface area contributed by atoms with Crippen LogP contribution in [0.25, 0.3) is 0 Å². The Hall–Kier alpha value is -1.65. The molecule has 4 heteroatoms. The van der Waals surface area contributed by atoms with Gasteiger partial charge in [-0.05, 0) is 80.0 Å². The van der Waals surface area contributed by atoms with Crippen LogP contribution in [0.3, 0.4) is 0 Å². The number of aliphatic hydroxyl groups is 1. The summed E-state index contributed by atoms with van der Waals surface area (Å²) in [5.74, 6) is 1.57. The molecule has 1 unspecified atom stereocenters. The van der Waals surface area contributed by atoms with Gasteiger partial charge in [0.15, 0.2) is 0 Å². The van der Waals surface area contributed by atoms with Gasteiger partial charge in [0.05, 0.1) is 5.60 Å². The number of carbonyl (C=O) groups is 1. The van der Waals surface area contributed by atoms with Gasteiger partial charge in [0.25, 0.3) is 0 Å². The summed E-state index contributed by atoms with van der Waals surface area (Å²) in [7, 11) is 0. The normalized spacial score (nSPS) is 39.1. The first-order valence-corrected chi connectivity index (χ1v) is 13.0. The summed E-state index contributed by atoms with van der Waals surface area (Å²) in [5, 5.41) is 11.8. The first-order chi connectivity index (χ1) is 15.8. The van der Waals surface area contributed by atoms with E-state index in [1.807, 2.05) is 13.3 Å². The van der Waals surface area contributed by atoms with E-state index in [2.05, 4.69) is 49.1 Å². The van der Waals surface area contributed by atoms with Crippen molar-refractivity contribution in [1.29, 1.82) is 0 Å². The van der Waals surface area contributed by atoms with Crippen molar-refractivity contribution in [2.75, 3.05) is 13.1 Å². The van der Waals surface area contributed by atoms with E-state index in [1.54, 1.807) is 11.1 Å². The number of rotatable bonds is 4. The number of fused-ring (bicyclic) bond motifs is 4. The summed E-state index contributed by atoms with van der Waals surface area (Å²) in [6.45, 7) is 10.3. The Kier molecular flexibility index (Phi) is 6.20. The molecule has 5 rings (SSSR count). The maximum atomic E-state index is 11.8. The van der Waals surface area contributed by atoms with Gasteiger partial charge in [-0.3, -0.25) is 9.69 Å². The second kappa shape index (κ2) is 8.85. The van der Waals surface area contributed by atoms with Gasteiger partial charge in [0.2, 0.25) is 0 Å². The summed E-state index contributed by atoms with van der Waals surface area (Å²) < 4.78 is 5.53. The molecule has 1 aromatic carbocycles. The van der Waals surface area contributed by atoms with Crippen LogP contribution in [0.15, 0.2) is 35.9 Å². The second-order valence-electron chi connectivity index (χ2n) is 11.4. The van der Waals surface area contributed by atoms with E-state index in [9.17, 15) is 9.90 Å². The Morgan fingerprint density at radius 1 is 1.27 bits per heavy atom. The molecule has 1 saturated heterocycles. The third kappa shape index (κ3) is 4.08. The number of hydrogen-bond donors (Lipinski definition) is 1. The van der Waals surface area contributed by atoms with Crippen LogP contribution < -0.4 is 0 Å². The molecule has 4 aliphatic rings. The molecular weight excluding hydrogens is 410 g/mol. The zero-order chi connectivity index (χ0) is 23.3. The van der Waals surface area contributed by atoms with Gasteiger partial charge in [-0.2, -0.15) is 0 Å². The van der Waals surface area contributed by atoms with Crippen LogP contribution in [0.4, 0.5) is 0 Å². The molecule has 1 aliphatic heterocycles. The quantitative estimate of drug-likeness (QED) is 0.523. The van der Waals surface area contributed by atoms with Gasteiger partial charge in [0.1, 0.15) is 6.10 Å². The molecule has 33 heavy (non-hydrogen) atoms. The fourth-order valence-corrected chi connectivity index (χ4v) is 7.55. The number of benzene rings is 1. The van der Waals surface area contributed by atoms with Gasteiger partial charge in [-0.1, -0.05) is 44.2 Å². The molecule has 0 spiro atoms. The smallest absolute Gasteiger partial charge is 0.303 e. The summed E-state index contributed by atoms with van der Waals surface area (Å²) in [6, 6.07) is 9.68. The maximum Gasteiger partial charge on any atom is 0.303 e. The summed E-state index contributed by atoms with van der Waals surface area (Å²) in [5.41, 5.74) is 3.27. The van der Waals surface area contributed by atoms with Crippen molar-refractivity contribution >= 4 is 5.97 Å². The van der Waals surface area contributed by atoms with Crippen molar-refractivity contribution in [3.8, 4) is 0 Å². The molecule has 179 valence electrons. The molecule has 3 aliphatic carbocycles. The summed E-state index contributed by atoms with van der Waals surface area (Å²) >= 11 is 0. The highest BCUT2D eigenvalue weighted by atomic mass is 16.5. The molecular formula is C29H40NO3. The maximum absolute atomic E-state index is 11.8. The van der Waals surface area contributed by atoms with Gasteiger partial charge >= 0.3 is 5.97 Å². The van der Waals surface area contributed by atoms with E-state index in [0.29, 0.717) is 23.8 Å². The van der Waals surface area contributed by atoms with Crippen molar-refractivity contribution in [2.24, 2.45) is 23.7 Å². The number of piperidine rings is 1. The minimum absolute atomic E-state index is 0.0874. The molecule has 0 bridgehead atoms. The van der Waals surface area contributed by atoms with E-state index < -0.39 is 11.7 Å². The number of esters is 1. The van der Waals surface area contributed by atoms with Crippen molar-refractivity contribution in [3.05, 3.63) is 53.5 Å². The molecule has 1 saturated carbocycles. The Bertz CT molecular complexity index is 925. The van der Waals surface area contributed by atoms with Crippen molar-refractivity contribution < 1.29 is 14.6 Å². The molecule has 8 atom stereocenters. The zero-order valence-corrected chi connectivity index (χ0v) is 20.7. The lowest BCUT2D eigenvalue weighted by molar-refractivity contribution is -0.148. The van der Waals surface area contributed by atoms with Crippen LogP contribution >= 0.6 is 0 Å². The second-order valence-corrected chi connectivity index (χ2v) is 11.4. The largest absolute Gasteiger partial charge is 0.458 e. The van der Waals surface area contributed by atoms with Crippen LogP contribution in [0.1, 0.15) is 70.4 Å². The lowest BCUT2D eigenvalue weighted by Crippen LogP contribution is -2.57. The topological polar surface area (TPSA) is 49.8 Å². The molecule has 1 aromatic rings. The third-order valence-electron chi connectivity index (χ3n) is 9.35. The van der Waals surface area contributed by atoms with E-state index in [1.165, 1.54) is 32.7 Å². The van der Waals surface area contributed by atoms with Crippen LogP contribution in [-0.4, -0.2) is 46.8 Å². The Morgan fingerprint density at radius 2 is 2.06 bits per heavy atom. The number of hydrogen-bond acceptors (Lipinski definition) is 4. The Balaban J connectivity index is 1.34. The number of ether oxygens (including phenoxy) is 1. The highest BCUT2D eigenvalue weighted by Crippen LogP contribution is 2.51. The van der Waals surface area contributed by atoms with E-state index in [-0.39, 0.29) is 17.8 Å². The van der Waals surface area contributed by atoms with Gasteiger partial charge in [0, 0.05) is 37.8 Å².